The Kier molecular flexibility index (Phi) is 6.26. The fourth-order valence-electron chi connectivity index (χ4n) is 2.54. The van der Waals surface area contributed by atoms with E-state index in [2.05, 4.69) is 19.2 Å². The van der Waals surface area contributed by atoms with E-state index in [1.807, 2.05) is 11.8 Å². The van der Waals surface area contributed by atoms with Gasteiger partial charge in [-0.3, -0.25) is 9.69 Å². The minimum absolute atomic E-state index is 0.0409. The van der Waals surface area contributed by atoms with Gasteiger partial charge in [0.25, 0.3) is 0 Å². The smallest absolute Gasteiger partial charge is 0.320 e. The van der Waals surface area contributed by atoms with E-state index in [0.717, 1.165) is 6.42 Å². The summed E-state index contributed by atoms with van der Waals surface area (Å²) < 4.78 is 0. The van der Waals surface area contributed by atoms with Gasteiger partial charge in [-0.05, 0) is 26.2 Å². The predicted octanol–water partition coefficient (Wildman–Crippen LogP) is 1.22. The number of amides is 2. The Morgan fingerprint density at radius 3 is 2.10 bits per heavy atom. The quantitative estimate of drug-likeness (QED) is 0.796. The summed E-state index contributed by atoms with van der Waals surface area (Å²) in [5.74, 6) is -0.257. The molecule has 1 saturated heterocycles. The molecule has 0 aliphatic carbocycles. The average molecular weight is 285 g/mol. The molecule has 1 fully saturated rings. The van der Waals surface area contributed by atoms with Crippen LogP contribution in [-0.2, 0) is 4.79 Å². The number of rotatable bonds is 5. The highest BCUT2D eigenvalue weighted by Gasteiger charge is 2.27. The van der Waals surface area contributed by atoms with E-state index in [4.69, 9.17) is 5.11 Å². The highest BCUT2D eigenvalue weighted by molar-refractivity contribution is 5.75. The lowest BCUT2D eigenvalue weighted by atomic mass is 10.1. The molecule has 6 nitrogen and oxygen atoms in total. The van der Waals surface area contributed by atoms with Crippen molar-refractivity contribution in [3.05, 3.63) is 0 Å². The Morgan fingerprint density at radius 2 is 1.65 bits per heavy atom. The normalized spacial score (nSPS) is 19.8. The summed E-state index contributed by atoms with van der Waals surface area (Å²) >= 11 is 0. The van der Waals surface area contributed by atoms with Crippen LogP contribution in [0, 0.1) is 5.92 Å². The summed E-state index contributed by atoms with van der Waals surface area (Å²) in [6, 6.07) is -0.362. The molecule has 2 N–H and O–H groups in total. The molecule has 0 bridgehead atoms. The van der Waals surface area contributed by atoms with Gasteiger partial charge in [-0.15, -0.1) is 0 Å². The topological polar surface area (TPSA) is 72.9 Å². The van der Waals surface area contributed by atoms with E-state index in [1.165, 1.54) is 0 Å². The number of hydrogen-bond donors (Lipinski definition) is 2. The van der Waals surface area contributed by atoms with Crippen LogP contribution in [-0.4, -0.2) is 65.2 Å². The van der Waals surface area contributed by atoms with Gasteiger partial charge in [0.1, 0.15) is 6.04 Å². The number of piperazine rings is 1. The van der Waals surface area contributed by atoms with E-state index in [1.54, 1.807) is 11.8 Å². The molecule has 6 heteroatoms. The maximum absolute atomic E-state index is 12.1. The van der Waals surface area contributed by atoms with Crippen LogP contribution < -0.4 is 5.32 Å². The Hall–Kier alpha value is -1.30. The molecule has 0 spiro atoms. The standard InChI is InChI=1S/C14H27N3O3/c1-10(2)9-11(3)15-14(20)17-7-5-16(6-8-17)12(4)13(18)19/h10-12H,5-9H2,1-4H3,(H,15,20)(H,18,19). The highest BCUT2D eigenvalue weighted by atomic mass is 16.4. The molecular formula is C14H27N3O3. The zero-order valence-electron chi connectivity index (χ0n) is 12.9. The second-order valence-corrected chi connectivity index (χ2v) is 6.02. The first-order valence-electron chi connectivity index (χ1n) is 7.33. The fraction of sp³-hybridized carbons (Fsp3) is 0.857. The van der Waals surface area contributed by atoms with Gasteiger partial charge in [0, 0.05) is 32.2 Å². The van der Waals surface area contributed by atoms with E-state index in [9.17, 15) is 9.59 Å². The second kappa shape index (κ2) is 7.47. The number of nitrogens with zero attached hydrogens (tertiary/aromatic N) is 2. The fourth-order valence-corrected chi connectivity index (χ4v) is 2.54. The van der Waals surface area contributed by atoms with Crippen LogP contribution in [0.1, 0.15) is 34.1 Å². The number of aliphatic carboxylic acids is 1. The van der Waals surface area contributed by atoms with Crippen molar-refractivity contribution in [2.75, 3.05) is 26.2 Å². The molecule has 1 aliphatic heterocycles. The SMILES string of the molecule is CC(C)CC(C)NC(=O)N1CCN(C(C)C(=O)O)CC1. The lowest BCUT2D eigenvalue weighted by Crippen LogP contribution is -2.56. The third-order valence-electron chi connectivity index (χ3n) is 3.70. The molecule has 1 aliphatic rings. The van der Waals surface area contributed by atoms with Crippen molar-refractivity contribution in [1.82, 2.24) is 15.1 Å². The van der Waals surface area contributed by atoms with Gasteiger partial charge in [0.05, 0.1) is 0 Å². The van der Waals surface area contributed by atoms with Crippen LogP contribution in [0.15, 0.2) is 0 Å². The molecule has 2 atom stereocenters. The van der Waals surface area contributed by atoms with Gasteiger partial charge in [0.2, 0.25) is 0 Å². The first-order chi connectivity index (χ1) is 9.31. The molecule has 1 rings (SSSR count). The van der Waals surface area contributed by atoms with E-state index in [-0.39, 0.29) is 12.1 Å². The summed E-state index contributed by atoms with van der Waals surface area (Å²) in [4.78, 5) is 26.7. The van der Waals surface area contributed by atoms with Crippen LogP contribution in [0.5, 0.6) is 0 Å². The third kappa shape index (κ3) is 5.00. The van der Waals surface area contributed by atoms with Crippen molar-refractivity contribution >= 4 is 12.0 Å². The first-order valence-corrected chi connectivity index (χ1v) is 7.33. The van der Waals surface area contributed by atoms with E-state index >= 15 is 0 Å². The first kappa shape index (κ1) is 16.8. The van der Waals surface area contributed by atoms with Crippen LogP contribution in [0.4, 0.5) is 4.79 Å². The summed E-state index contributed by atoms with van der Waals surface area (Å²) in [6.45, 7) is 10.3. The predicted molar refractivity (Wildman–Crippen MR) is 77.7 cm³/mol. The number of carboxylic acids is 1. The lowest BCUT2D eigenvalue weighted by molar-refractivity contribution is -0.143. The zero-order valence-corrected chi connectivity index (χ0v) is 12.9. The number of carboxylic acid groups (broad SMARTS) is 1. The van der Waals surface area contributed by atoms with Crippen molar-refractivity contribution < 1.29 is 14.7 Å². The molecule has 1 heterocycles. The number of carbonyl (C=O) groups excluding carboxylic acids is 1. The zero-order chi connectivity index (χ0) is 15.3. The van der Waals surface area contributed by atoms with E-state index < -0.39 is 12.0 Å². The Morgan fingerprint density at radius 1 is 1.10 bits per heavy atom. The van der Waals surface area contributed by atoms with Crippen LogP contribution in [0.2, 0.25) is 0 Å². The molecule has 0 saturated carbocycles. The van der Waals surface area contributed by atoms with Crippen LogP contribution in [0.25, 0.3) is 0 Å². The molecule has 0 aromatic carbocycles. The molecule has 2 amide bonds. The van der Waals surface area contributed by atoms with Crippen molar-refractivity contribution in [2.45, 2.75) is 46.2 Å². The summed E-state index contributed by atoms with van der Waals surface area (Å²) in [5.41, 5.74) is 0. The molecule has 2 unspecified atom stereocenters. The highest BCUT2D eigenvalue weighted by Crippen LogP contribution is 2.08. The Balaban J connectivity index is 2.37. The Bertz CT molecular complexity index is 339. The molecule has 0 aromatic heterocycles. The molecule has 0 aromatic rings. The maximum atomic E-state index is 12.1. The minimum atomic E-state index is -0.812. The van der Waals surface area contributed by atoms with Crippen molar-refractivity contribution in [1.29, 1.82) is 0 Å². The van der Waals surface area contributed by atoms with Gasteiger partial charge in [-0.25, -0.2) is 4.79 Å². The van der Waals surface area contributed by atoms with Gasteiger partial charge >= 0.3 is 12.0 Å². The summed E-state index contributed by atoms with van der Waals surface area (Å²) in [5, 5.41) is 12.0. The van der Waals surface area contributed by atoms with Gasteiger partial charge in [0.15, 0.2) is 0 Å². The summed E-state index contributed by atoms with van der Waals surface area (Å²) in [7, 11) is 0. The number of hydrogen-bond acceptors (Lipinski definition) is 3. The van der Waals surface area contributed by atoms with Gasteiger partial charge in [-0.1, -0.05) is 13.8 Å². The van der Waals surface area contributed by atoms with Crippen molar-refractivity contribution in [3.63, 3.8) is 0 Å². The number of urea groups is 1. The largest absolute Gasteiger partial charge is 0.480 e. The maximum Gasteiger partial charge on any atom is 0.320 e. The molecule has 20 heavy (non-hydrogen) atoms. The van der Waals surface area contributed by atoms with Gasteiger partial charge in [-0.2, -0.15) is 0 Å². The number of carbonyl (C=O) groups is 2. The molecule has 0 radical (unpaired) electrons. The van der Waals surface area contributed by atoms with Gasteiger partial charge < -0.3 is 15.3 Å². The monoisotopic (exact) mass is 285 g/mol. The van der Waals surface area contributed by atoms with Crippen molar-refractivity contribution in [3.8, 4) is 0 Å². The third-order valence-corrected chi connectivity index (χ3v) is 3.70. The van der Waals surface area contributed by atoms with E-state index in [0.29, 0.717) is 32.1 Å². The van der Waals surface area contributed by atoms with Crippen LogP contribution >= 0.6 is 0 Å². The molecular weight excluding hydrogens is 258 g/mol. The lowest BCUT2D eigenvalue weighted by Gasteiger charge is -2.37. The Labute approximate surface area is 121 Å². The average Bonchev–Trinajstić information content (AvgIpc) is 2.36. The minimum Gasteiger partial charge on any atom is -0.480 e. The van der Waals surface area contributed by atoms with Crippen LogP contribution in [0.3, 0.4) is 0 Å². The number of nitrogens with one attached hydrogen (secondary N) is 1. The second-order valence-electron chi connectivity index (χ2n) is 6.02. The van der Waals surface area contributed by atoms with Crippen molar-refractivity contribution in [2.24, 2.45) is 5.92 Å². The summed E-state index contributed by atoms with van der Waals surface area (Å²) in [6.07, 6.45) is 0.960. The molecule has 116 valence electrons.